The molecule has 0 radical (unpaired) electrons. The molecule has 2 aromatic rings. The van der Waals surface area contributed by atoms with Crippen LogP contribution in [0.5, 0.6) is 0 Å². The van der Waals surface area contributed by atoms with E-state index in [1.54, 1.807) is 60.7 Å². The molecule has 1 saturated heterocycles. The Hall–Kier alpha value is -3.15. The summed E-state index contributed by atoms with van der Waals surface area (Å²) in [5.74, 6) is -1.93. The lowest BCUT2D eigenvalue weighted by Gasteiger charge is -2.44. The summed E-state index contributed by atoms with van der Waals surface area (Å²) in [5.41, 5.74) is 0. The van der Waals surface area contributed by atoms with Gasteiger partial charge < -0.3 is 34.3 Å². The average molecular weight is 1040 g/mol. The molecule has 1 aliphatic heterocycles. The number of carbonyl (C=O) groups is 3. The molecule has 0 aromatic heterocycles. The lowest BCUT2D eigenvalue weighted by Crippen LogP contribution is -2.65. The van der Waals surface area contributed by atoms with Crippen LogP contribution in [0.25, 0.3) is 0 Å². The number of aliphatic hydroxyl groups excluding tert-OH is 2. The number of halogens is 1. The van der Waals surface area contributed by atoms with Gasteiger partial charge >= 0.3 is 11.9 Å². The summed E-state index contributed by atoms with van der Waals surface area (Å²) in [6.07, 6.45) is 23.9. The van der Waals surface area contributed by atoms with E-state index in [2.05, 4.69) is 26.1 Å². The van der Waals surface area contributed by atoms with E-state index in [4.69, 9.17) is 18.7 Å². The first-order chi connectivity index (χ1) is 35.6. The Morgan fingerprint density at radius 3 is 1.47 bits per heavy atom. The number of rotatable bonds is 44. The summed E-state index contributed by atoms with van der Waals surface area (Å²) in [7, 11) is -4.09. The van der Waals surface area contributed by atoms with Gasteiger partial charge in [-0.2, -0.15) is 0 Å². The molecule has 0 spiro atoms. The summed E-state index contributed by atoms with van der Waals surface area (Å²) in [4.78, 5) is 41.4. The van der Waals surface area contributed by atoms with Gasteiger partial charge in [-0.3, -0.25) is 18.9 Å². The molecule has 2 aromatic carbocycles. The molecule has 1 amide bonds. The molecule has 0 aliphatic carbocycles. The second-order valence-corrected chi connectivity index (χ2v) is 23.1. The lowest BCUT2D eigenvalue weighted by molar-refractivity contribution is -0.231. The molecule has 0 bridgehead atoms. The fourth-order valence-corrected chi connectivity index (χ4v) is 12.1. The van der Waals surface area contributed by atoms with Crippen molar-refractivity contribution < 1.29 is 52.3 Å². The Morgan fingerprint density at radius 1 is 0.589 bits per heavy atom. The van der Waals surface area contributed by atoms with Gasteiger partial charge in [0, 0.05) is 17.0 Å². The van der Waals surface area contributed by atoms with E-state index < -0.39 is 68.8 Å². The van der Waals surface area contributed by atoms with Gasteiger partial charge in [-0.15, -0.1) is 0 Å². The third-order valence-corrected chi connectivity index (χ3v) is 16.7. The highest BCUT2D eigenvalue weighted by atomic mass is 31.2. The van der Waals surface area contributed by atoms with Crippen LogP contribution in [0.3, 0.4) is 0 Å². The van der Waals surface area contributed by atoms with Crippen LogP contribution in [-0.4, -0.2) is 77.6 Å². The molecule has 7 atom stereocenters. The van der Waals surface area contributed by atoms with Gasteiger partial charge in [0.2, 0.25) is 12.3 Å². The van der Waals surface area contributed by atoms with Crippen LogP contribution in [-0.2, 0) is 37.7 Å². The van der Waals surface area contributed by atoms with Gasteiger partial charge in [0.15, 0.2) is 6.10 Å². The van der Waals surface area contributed by atoms with Crippen molar-refractivity contribution in [3.05, 3.63) is 60.7 Å². The molecule has 1 aliphatic rings. The fourth-order valence-electron chi connectivity index (χ4n) is 9.85. The zero-order valence-electron chi connectivity index (χ0n) is 45.5. The van der Waals surface area contributed by atoms with Gasteiger partial charge in [-0.05, 0) is 49.9 Å². The van der Waals surface area contributed by atoms with Crippen molar-refractivity contribution in [2.75, 3.05) is 6.61 Å². The number of hydrogen-bond acceptors (Lipinski definition) is 10. The Labute approximate surface area is 441 Å². The van der Waals surface area contributed by atoms with Crippen molar-refractivity contribution in [3.8, 4) is 0 Å². The van der Waals surface area contributed by atoms with E-state index in [-0.39, 0.29) is 25.2 Å². The van der Waals surface area contributed by atoms with Gasteiger partial charge in [-0.25, -0.2) is 4.39 Å². The molecule has 73 heavy (non-hydrogen) atoms. The maximum Gasteiger partial charge on any atom is 0.310 e. The predicted molar refractivity (Wildman–Crippen MR) is 293 cm³/mol. The zero-order valence-corrected chi connectivity index (χ0v) is 46.4. The van der Waals surface area contributed by atoms with E-state index in [0.29, 0.717) is 29.9 Å². The number of alkyl halides is 1. The topological polar surface area (TPSA) is 158 Å². The normalized spacial score (nSPS) is 18.8. The van der Waals surface area contributed by atoms with Crippen molar-refractivity contribution >= 4 is 35.8 Å². The third kappa shape index (κ3) is 26.9. The lowest BCUT2D eigenvalue weighted by atomic mass is 9.96. The number of amides is 1. The number of nitrogens with one attached hydrogen (secondary N) is 1. The van der Waals surface area contributed by atoms with Gasteiger partial charge in [0.1, 0.15) is 24.4 Å². The van der Waals surface area contributed by atoms with Gasteiger partial charge in [0.05, 0.1) is 25.6 Å². The molecule has 11 nitrogen and oxygen atoms in total. The molecule has 1 heterocycles. The van der Waals surface area contributed by atoms with Crippen LogP contribution in [0.1, 0.15) is 239 Å². The van der Waals surface area contributed by atoms with Crippen LogP contribution < -0.4 is 15.9 Å². The number of benzene rings is 2. The predicted octanol–water partition coefficient (Wildman–Crippen LogP) is 14.0. The van der Waals surface area contributed by atoms with Crippen LogP contribution in [0.2, 0.25) is 0 Å². The van der Waals surface area contributed by atoms with Crippen LogP contribution in [0.4, 0.5) is 4.39 Å². The van der Waals surface area contributed by atoms with E-state index >= 15 is 8.96 Å². The highest BCUT2D eigenvalue weighted by molar-refractivity contribution is 7.74. The molecule has 0 unspecified atom stereocenters. The molecule has 13 heteroatoms. The first kappa shape index (κ1) is 64.1. The van der Waals surface area contributed by atoms with E-state index in [1.807, 2.05) is 0 Å². The monoisotopic (exact) mass is 1040 g/mol. The summed E-state index contributed by atoms with van der Waals surface area (Å²) in [5, 5.41) is 24.9. The summed E-state index contributed by atoms with van der Waals surface area (Å²) >= 11 is 0. The second kappa shape index (κ2) is 40.2. The van der Waals surface area contributed by atoms with Crippen molar-refractivity contribution in [1.29, 1.82) is 0 Å². The Kier molecular flexibility index (Phi) is 35.3. The Bertz CT molecular complexity index is 1710. The summed E-state index contributed by atoms with van der Waals surface area (Å²) in [6, 6.07) is 15.2. The fraction of sp³-hybridized carbons (Fsp3) is 0.750. The highest BCUT2D eigenvalue weighted by Crippen LogP contribution is 2.48. The Balaban J connectivity index is 1.80. The third-order valence-electron chi connectivity index (χ3n) is 14.2. The quantitative estimate of drug-likeness (QED) is 0.0331. The maximum absolute atomic E-state index is 16.4. The largest absolute Gasteiger partial charge is 0.462 e. The van der Waals surface area contributed by atoms with Gasteiger partial charge in [0.25, 0.3) is 7.37 Å². The SMILES string of the molecule is CCCCCCCCCCCCCC(=O)O[C@H](CCCCCCCCCCC)CC(=O)O[C@@H]1[C@@H](NC(=O)C[C@@H](O)CCCCCCCCCCC)[C@@H](F)O[C@H](CO)[C@H]1OP(=O)(c1ccccc1)c1ccccc1. The molecular weight excluding hydrogens is 945 g/mol. The molecule has 0 saturated carbocycles. The molecule has 3 rings (SSSR count). The number of unbranched alkanes of at least 4 members (excludes halogenated alkanes) is 26. The molecule has 416 valence electrons. The summed E-state index contributed by atoms with van der Waals surface area (Å²) < 4.78 is 56.2. The first-order valence-corrected chi connectivity index (χ1v) is 30.8. The van der Waals surface area contributed by atoms with Crippen molar-refractivity contribution in [2.24, 2.45) is 0 Å². The van der Waals surface area contributed by atoms with Crippen molar-refractivity contribution in [2.45, 2.75) is 282 Å². The minimum atomic E-state index is -4.09. The first-order valence-electron chi connectivity index (χ1n) is 29.2. The number of ether oxygens (including phenoxy) is 3. The number of aliphatic hydroxyl groups is 2. The highest BCUT2D eigenvalue weighted by Gasteiger charge is 2.52. The van der Waals surface area contributed by atoms with E-state index in [0.717, 1.165) is 70.6 Å². The van der Waals surface area contributed by atoms with Gasteiger partial charge in [-0.1, -0.05) is 231 Å². The molecule has 3 N–H and O–H groups in total. The van der Waals surface area contributed by atoms with Crippen LogP contribution >= 0.6 is 7.37 Å². The van der Waals surface area contributed by atoms with E-state index in [1.165, 1.54) is 109 Å². The minimum absolute atomic E-state index is 0.227. The van der Waals surface area contributed by atoms with Crippen LogP contribution in [0, 0.1) is 0 Å². The van der Waals surface area contributed by atoms with Crippen LogP contribution in [0.15, 0.2) is 60.7 Å². The maximum atomic E-state index is 16.4. The molecular formula is C60H99FNO10P. The van der Waals surface area contributed by atoms with Crippen molar-refractivity contribution in [1.82, 2.24) is 5.32 Å². The minimum Gasteiger partial charge on any atom is -0.462 e. The smallest absolute Gasteiger partial charge is 0.310 e. The number of esters is 2. The molecule has 1 fully saturated rings. The standard InChI is InChI=1S/C60H99FNO10P/c1-4-7-10-13-16-19-20-23-26-29-38-45-55(66)69-50(40-33-28-25-22-18-15-12-9-6-3)47-56(67)71-59-57(62-54(65)46-49(64)39-32-27-24-21-17-14-11-8-5-2)60(61)70-53(48-63)58(59)72-73(68,51-41-34-30-35-42-51)52-43-36-31-37-44-52/h30-31,34-37,41-44,49-50,53,57-60,63-64H,4-29,32-33,38-40,45-48H2,1-3H3,(H,62,65)/t49-,50+,53+,57+,58+,59+,60-/m0/s1. The average Bonchev–Trinajstić information content (AvgIpc) is 3.39. The zero-order chi connectivity index (χ0) is 52.8. The van der Waals surface area contributed by atoms with E-state index in [9.17, 15) is 24.6 Å². The number of hydrogen-bond donors (Lipinski definition) is 3. The second-order valence-electron chi connectivity index (χ2n) is 20.7. The van der Waals surface area contributed by atoms with Crippen molar-refractivity contribution in [3.63, 3.8) is 0 Å². The Morgan fingerprint density at radius 2 is 1.01 bits per heavy atom. The summed E-state index contributed by atoms with van der Waals surface area (Å²) in [6.45, 7) is 5.84. The number of carbonyl (C=O) groups excluding carboxylic acids is 3.